The van der Waals surface area contributed by atoms with Gasteiger partial charge in [-0.25, -0.2) is 9.13 Å². The maximum absolute atomic E-state index is 13.1. The molecule has 0 bridgehead atoms. The van der Waals surface area contributed by atoms with Gasteiger partial charge in [-0.1, -0.05) is 46.4 Å². The van der Waals surface area contributed by atoms with Gasteiger partial charge in [-0.3, -0.25) is 19.2 Å². The lowest BCUT2D eigenvalue weighted by Gasteiger charge is -2.02. The first-order valence-corrected chi connectivity index (χ1v) is 11.8. The largest absolute Gasteiger partial charge is 0.277 e. The van der Waals surface area contributed by atoms with E-state index in [-0.39, 0.29) is 50.3 Å². The van der Waals surface area contributed by atoms with Crippen LogP contribution in [0.5, 0.6) is 0 Å². The zero-order chi connectivity index (χ0) is 22.9. The summed E-state index contributed by atoms with van der Waals surface area (Å²) < 4.78 is 2.08. The van der Waals surface area contributed by atoms with E-state index in [1.807, 2.05) is 0 Å². The van der Waals surface area contributed by atoms with Gasteiger partial charge in [0.15, 0.2) is 0 Å². The molecule has 0 amide bonds. The molecule has 12 heteroatoms. The minimum atomic E-state index is -0.628. The van der Waals surface area contributed by atoms with Crippen LogP contribution in [0, 0.1) is 0 Å². The minimum Gasteiger partial charge on any atom is -0.267 e. The Morgan fingerprint density at radius 3 is 0.969 bits per heavy atom. The predicted molar refractivity (Wildman–Crippen MR) is 132 cm³/mol. The van der Waals surface area contributed by atoms with E-state index in [4.69, 9.17) is 46.4 Å². The van der Waals surface area contributed by atoms with Crippen molar-refractivity contribution in [2.45, 2.75) is 0 Å². The Balaban J connectivity index is 1.85. The van der Waals surface area contributed by atoms with Gasteiger partial charge in [-0.15, -0.1) is 22.7 Å². The minimum absolute atomic E-state index is 0.0574. The topological polar surface area (TPSA) is 78.1 Å². The van der Waals surface area contributed by atoms with Gasteiger partial charge in [0.05, 0.1) is 11.4 Å². The quantitative estimate of drug-likeness (QED) is 0.307. The van der Waals surface area contributed by atoms with Crippen LogP contribution in [-0.4, -0.2) is 9.13 Å². The summed E-state index contributed by atoms with van der Waals surface area (Å²) in [6.45, 7) is 0. The summed E-state index contributed by atoms with van der Waals surface area (Å²) in [5, 5.41) is 1.00. The third-order valence-corrected chi connectivity index (χ3v) is 8.08. The molecule has 32 heavy (non-hydrogen) atoms. The highest BCUT2D eigenvalue weighted by Crippen LogP contribution is 2.29. The molecule has 0 aliphatic rings. The molecule has 0 aliphatic heterocycles. The monoisotopic (exact) mass is 542 g/mol. The molecule has 0 atom stereocenters. The Kier molecular flexibility index (Phi) is 5.20. The molecule has 3 aromatic heterocycles. The molecule has 0 saturated carbocycles. The van der Waals surface area contributed by atoms with Crippen LogP contribution in [0.1, 0.15) is 0 Å². The smallest absolute Gasteiger partial charge is 0.267 e. The molecule has 0 aliphatic carbocycles. The molecule has 0 unspecified atom stereocenters. The Bertz CT molecular complexity index is 1570. The molecule has 5 aromatic rings. The van der Waals surface area contributed by atoms with Crippen molar-refractivity contribution in [1.82, 2.24) is 9.13 Å². The second-order valence-corrected chi connectivity index (χ2v) is 10.5. The van der Waals surface area contributed by atoms with E-state index in [1.54, 1.807) is 0 Å². The van der Waals surface area contributed by atoms with Gasteiger partial charge in [0.2, 0.25) is 0 Å². The van der Waals surface area contributed by atoms with Crippen molar-refractivity contribution in [1.29, 1.82) is 0 Å². The summed E-state index contributed by atoms with van der Waals surface area (Å²) in [5.41, 5.74) is -2.12. The number of hydrogen-bond acceptors (Lipinski definition) is 6. The number of rotatable bonds is 2. The van der Waals surface area contributed by atoms with Gasteiger partial charge in [-0.2, -0.15) is 0 Å². The average Bonchev–Trinajstić information content (AvgIpc) is 3.09. The van der Waals surface area contributed by atoms with Crippen molar-refractivity contribution >= 4 is 87.9 Å². The summed E-state index contributed by atoms with van der Waals surface area (Å²) in [4.78, 5) is 52.2. The third kappa shape index (κ3) is 3.30. The van der Waals surface area contributed by atoms with Gasteiger partial charge < -0.3 is 0 Å². The Hall–Kier alpha value is -2.20. The normalized spacial score (nSPS) is 11.6. The van der Waals surface area contributed by atoms with E-state index in [0.29, 0.717) is 0 Å². The number of fused-ring (bicyclic) bond motifs is 2. The second-order valence-electron chi connectivity index (χ2n) is 6.67. The highest BCUT2D eigenvalue weighted by Gasteiger charge is 2.23. The van der Waals surface area contributed by atoms with E-state index in [0.717, 1.165) is 31.8 Å². The van der Waals surface area contributed by atoms with Crippen molar-refractivity contribution in [2.24, 2.45) is 0 Å². The van der Waals surface area contributed by atoms with Crippen LogP contribution in [-0.2, 0) is 0 Å². The van der Waals surface area contributed by atoms with E-state index >= 15 is 0 Å². The molecule has 0 N–H and O–H groups in total. The van der Waals surface area contributed by atoms with E-state index in [1.165, 1.54) is 36.4 Å². The van der Waals surface area contributed by atoms with Crippen molar-refractivity contribution < 1.29 is 0 Å². The molecule has 6 nitrogen and oxygen atoms in total. The third-order valence-electron chi connectivity index (χ3n) is 4.62. The van der Waals surface area contributed by atoms with Gasteiger partial charge in [0.1, 0.15) is 18.8 Å². The molecule has 3 heterocycles. The van der Waals surface area contributed by atoms with Crippen LogP contribution >= 0.6 is 69.1 Å². The molecule has 0 fully saturated rings. The fraction of sp³-hybridized carbons (Fsp3) is 0. The van der Waals surface area contributed by atoms with Crippen LogP contribution in [0.2, 0.25) is 20.1 Å². The van der Waals surface area contributed by atoms with Gasteiger partial charge in [0, 0.05) is 20.1 Å². The van der Waals surface area contributed by atoms with Crippen molar-refractivity contribution in [3.63, 3.8) is 0 Å². The van der Waals surface area contributed by atoms with E-state index < -0.39 is 22.2 Å². The number of benzene rings is 2. The Morgan fingerprint density at radius 2 is 0.719 bits per heavy atom. The lowest BCUT2D eigenvalue weighted by Crippen LogP contribution is -2.23. The fourth-order valence-electron chi connectivity index (χ4n) is 3.35. The highest BCUT2D eigenvalue weighted by atomic mass is 35.5. The zero-order valence-electron chi connectivity index (χ0n) is 15.3. The maximum atomic E-state index is 13.1. The number of aromatic nitrogens is 2. The second kappa shape index (κ2) is 7.69. The Morgan fingerprint density at radius 1 is 0.469 bits per heavy atom. The molecule has 0 saturated heterocycles. The summed E-state index contributed by atoms with van der Waals surface area (Å²) >= 11 is 25.6. The van der Waals surface area contributed by atoms with Crippen LogP contribution in [0.15, 0.2) is 55.6 Å². The number of nitrogens with zero attached hydrogens (tertiary/aromatic N) is 2. The standard InChI is InChI=1S/C20H6Cl4N2O4S2/c21-7-1-8(22)4-11(3-7)25-17(27)13-14(18(25)28)32-16-15(31-13)19(29)26(20(16)30)12-5-9(23)2-10(24)6-12/h1-6H. The zero-order valence-corrected chi connectivity index (χ0v) is 20.0. The van der Waals surface area contributed by atoms with Crippen LogP contribution in [0.25, 0.3) is 30.2 Å². The average molecular weight is 544 g/mol. The summed E-state index contributed by atoms with van der Waals surface area (Å²) in [6, 6.07) is 8.66. The number of hydrogen-bond donors (Lipinski definition) is 0. The maximum Gasteiger partial charge on any atom is 0.277 e. The van der Waals surface area contributed by atoms with Crippen molar-refractivity contribution in [3.8, 4) is 11.4 Å². The first-order valence-electron chi connectivity index (χ1n) is 8.69. The van der Waals surface area contributed by atoms with Crippen molar-refractivity contribution in [2.75, 3.05) is 0 Å². The predicted octanol–water partition coefficient (Wildman–Crippen LogP) is 5.19. The molecule has 2 aromatic carbocycles. The van der Waals surface area contributed by atoms with Gasteiger partial charge >= 0.3 is 0 Å². The van der Waals surface area contributed by atoms with E-state index in [2.05, 4.69) is 0 Å². The summed E-state index contributed by atoms with van der Waals surface area (Å²) in [6.07, 6.45) is 0. The lowest BCUT2D eigenvalue weighted by molar-refractivity contribution is 0.992. The highest BCUT2D eigenvalue weighted by molar-refractivity contribution is 7.36. The summed E-state index contributed by atoms with van der Waals surface area (Å²) in [5.74, 6) is 0. The fourth-order valence-corrected chi connectivity index (χ4v) is 6.72. The molecule has 160 valence electrons. The number of halogens is 4. The molecule has 5 rings (SSSR count). The SMILES string of the molecule is O=c1c2sc3c(=O)n(-c4cc(Cl)cc(Cl)c4)c(=O)c3sc2c(=O)n1-c1cc(Cl)cc(Cl)c1. The van der Waals surface area contributed by atoms with Crippen molar-refractivity contribution in [3.05, 3.63) is 97.9 Å². The van der Waals surface area contributed by atoms with Crippen LogP contribution in [0.3, 0.4) is 0 Å². The first kappa shape index (κ1) is 21.6. The first-order chi connectivity index (χ1) is 15.2. The van der Waals surface area contributed by atoms with Gasteiger partial charge in [0.25, 0.3) is 22.2 Å². The molecule has 0 radical (unpaired) electrons. The lowest BCUT2D eigenvalue weighted by atomic mass is 10.3. The molecular formula is C20H6Cl4N2O4S2. The molecule has 0 spiro atoms. The van der Waals surface area contributed by atoms with Crippen LogP contribution < -0.4 is 22.2 Å². The Labute approximate surface area is 205 Å². The van der Waals surface area contributed by atoms with E-state index in [9.17, 15) is 19.2 Å². The van der Waals surface area contributed by atoms with Gasteiger partial charge in [-0.05, 0) is 36.4 Å². The summed E-state index contributed by atoms with van der Waals surface area (Å²) in [7, 11) is 0. The molecular weight excluding hydrogens is 538 g/mol. The van der Waals surface area contributed by atoms with Crippen LogP contribution in [0.4, 0.5) is 0 Å².